The van der Waals surface area contributed by atoms with Gasteiger partial charge in [-0.3, -0.25) is 9.78 Å². The molecule has 2 heterocycles. The fourth-order valence-corrected chi connectivity index (χ4v) is 2.86. The summed E-state index contributed by atoms with van der Waals surface area (Å²) >= 11 is 5.57. The molecule has 0 atom stereocenters. The van der Waals surface area contributed by atoms with Crippen molar-refractivity contribution in [3.05, 3.63) is 48.7 Å². The summed E-state index contributed by atoms with van der Waals surface area (Å²) in [5, 5.41) is 1.16. The summed E-state index contributed by atoms with van der Waals surface area (Å²) < 4.78 is 0. The van der Waals surface area contributed by atoms with Gasteiger partial charge in [0.05, 0.1) is 5.52 Å². The molecule has 0 aliphatic carbocycles. The zero-order valence-electron chi connectivity index (χ0n) is 12.3. The second-order valence-electron chi connectivity index (χ2n) is 5.22. The third kappa shape index (κ3) is 3.07. The minimum absolute atomic E-state index is 0.0416. The van der Waals surface area contributed by atoms with E-state index >= 15 is 0 Å². The minimum atomic E-state index is 0.0416. The number of piperazine rings is 1. The molecular formula is C17H18ClN3O. The van der Waals surface area contributed by atoms with E-state index in [0.29, 0.717) is 5.88 Å². The van der Waals surface area contributed by atoms with Gasteiger partial charge in [-0.25, -0.2) is 0 Å². The number of hydrogen-bond donors (Lipinski definition) is 0. The summed E-state index contributed by atoms with van der Waals surface area (Å²) in [5.41, 5.74) is 2.19. The highest BCUT2D eigenvalue weighted by atomic mass is 35.5. The van der Waals surface area contributed by atoms with Crippen LogP contribution in [0.4, 0.5) is 5.69 Å². The quantitative estimate of drug-likeness (QED) is 0.645. The summed E-state index contributed by atoms with van der Waals surface area (Å²) in [7, 11) is 0. The Morgan fingerprint density at radius 2 is 1.95 bits per heavy atom. The highest BCUT2D eigenvalue weighted by molar-refractivity contribution is 6.19. The smallest absolute Gasteiger partial charge is 0.246 e. The average molecular weight is 316 g/mol. The van der Waals surface area contributed by atoms with Crippen molar-refractivity contribution >= 4 is 34.1 Å². The number of halogens is 1. The van der Waals surface area contributed by atoms with E-state index in [4.69, 9.17) is 11.6 Å². The first-order valence-corrected chi connectivity index (χ1v) is 7.93. The third-order valence-corrected chi connectivity index (χ3v) is 4.09. The normalized spacial score (nSPS) is 15.7. The van der Waals surface area contributed by atoms with Crippen molar-refractivity contribution in [1.82, 2.24) is 9.88 Å². The lowest BCUT2D eigenvalue weighted by atomic mass is 10.1. The number of fused-ring (bicyclic) bond motifs is 1. The van der Waals surface area contributed by atoms with Gasteiger partial charge in [-0.15, -0.1) is 11.6 Å². The van der Waals surface area contributed by atoms with Gasteiger partial charge in [0.25, 0.3) is 0 Å². The van der Waals surface area contributed by atoms with Crippen molar-refractivity contribution in [3.63, 3.8) is 0 Å². The third-order valence-electron chi connectivity index (χ3n) is 3.91. The number of nitrogens with zero attached hydrogens (tertiary/aromatic N) is 3. The zero-order chi connectivity index (χ0) is 15.4. The maximum absolute atomic E-state index is 12.0. The first-order valence-electron chi connectivity index (χ1n) is 7.39. The van der Waals surface area contributed by atoms with E-state index in [2.05, 4.69) is 16.0 Å². The molecule has 3 rings (SSSR count). The molecular weight excluding hydrogens is 298 g/mol. The van der Waals surface area contributed by atoms with Gasteiger partial charge < -0.3 is 9.80 Å². The Labute approximate surface area is 135 Å². The molecule has 0 radical (unpaired) electrons. The Balaban J connectivity index is 1.73. The van der Waals surface area contributed by atoms with Crippen LogP contribution in [0, 0.1) is 0 Å². The highest BCUT2D eigenvalue weighted by Crippen LogP contribution is 2.25. The van der Waals surface area contributed by atoms with Crippen molar-refractivity contribution in [2.24, 2.45) is 0 Å². The van der Waals surface area contributed by atoms with Crippen LogP contribution >= 0.6 is 11.6 Å². The second kappa shape index (κ2) is 6.79. The van der Waals surface area contributed by atoms with Gasteiger partial charge in [0, 0.05) is 55.4 Å². The van der Waals surface area contributed by atoms with E-state index in [1.54, 1.807) is 12.2 Å². The van der Waals surface area contributed by atoms with Crippen LogP contribution in [0.1, 0.15) is 0 Å². The molecule has 4 nitrogen and oxygen atoms in total. The molecule has 0 spiro atoms. The van der Waals surface area contributed by atoms with Crippen LogP contribution in [0.25, 0.3) is 10.9 Å². The molecule has 1 aliphatic rings. The molecule has 1 aliphatic heterocycles. The highest BCUT2D eigenvalue weighted by Gasteiger charge is 2.20. The van der Waals surface area contributed by atoms with Crippen LogP contribution < -0.4 is 4.90 Å². The fourth-order valence-electron chi connectivity index (χ4n) is 2.78. The summed E-state index contributed by atoms with van der Waals surface area (Å²) in [5.74, 6) is 0.411. The molecule has 2 aromatic rings. The zero-order valence-corrected chi connectivity index (χ0v) is 13.0. The molecule has 1 aromatic heterocycles. The second-order valence-corrected chi connectivity index (χ2v) is 5.52. The predicted molar refractivity (Wildman–Crippen MR) is 90.4 cm³/mol. The van der Waals surface area contributed by atoms with E-state index in [1.807, 2.05) is 35.4 Å². The lowest BCUT2D eigenvalue weighted by Crippen LogP contribution is -2.48. The Hall–Kier alpha value is -2.07. The standard InChI is InChI=1S/C17H18ClN3O/c18-8-3-6-17(22)21-12-10-20(11-13-21)16-7-9-19-15-5-2-1-4-14(15)16/h1-7,9H,8,10-13H2/b6-3+. The Bertz CT molecular complexity index is 688. The number of rotatable bonds is 3. The van der Waals surface area contributed by atoms with Crippen molar-refractivity contribution in [2.45, 2.75) is 0 Å². The van der Waals surface area contributed by atoms with Gasteiger partial charge in [-0.05, 0) is 12.1 Å². The number of benzene rings is 1. The number of para-hydroxylation sites is 1. The molecule has 114 valence electrons. The van der Waals surface area contributed by atoms with Crippen molar-refractivity contribution in [2.75, 3.05) is 37.0 Å². The summed E-state index contributed by atoms with van der Waals surface area (Å²) in [6.07, 6.45) is 5.09. The number of carbonyl (C=O) groups excluding carboxylic acids is 1. The summed E-state index contributed by atoms with van der Waals surface area (Å²) in [4.78, 5) is 20.5. The lowest BCUT2D eigenvalue weighted by molar-refractivity contribution is -0.126. The summed E-state index contributed by atoms with van der Waals surface area (Å²) in [6, 6.07) is 10.2. The molecule has 0 unspecified atom stereocenters. The number of carbonyl (C=O) groups is 1. The van der Waals surface area contributed by atoms with Gasteiger partial charge in [-0.2, -0.15) is 0 Å². The van der Waals surface area contributed by atoms with Crippen LogP contribution in [-0.4, -0.2) is 47.9 Å². The van der Waals surface area contributed by atoms with E-state index in [9.17, 15) is 4.79 Å². The van der Waals surface area contributed by atoms with E-state index in [-0.39, 0.29) is 5.91 Å². The van der Waals surface area contributed by atoms with E-state index in [1.165, 1.54) is 5.69 Å². The number of alkyl halides is 1. The van der Waals surface area contributed by atoms with Gasteiger partial charge >= 0.3 is 0 Å². The van der Waals surface area contributed by atoms with Crippen molar-refractivity contribution < 1.29 is 4.79 Å². The lowest BCUT2D eigenvalue weighted by Gasteiger charge is -2.36. The number of pyridine rings is 1. The number of hydrogen-bond acceptors (Lipinski definition) is 3. The van der Waals surface area contributed by atoms with E-state index in [0.717, 1.165) is 37.1 Å². The number of amides is 1. The maximum Gasteiger partial charge on any atom is 0.246 e. The van der Waals surface area contributed by atoms with Crippen molar-refractivity contribution in [1.29, 1.82) is 0 Å². The van der Waals surface area contributed by atoms with Crippen LogP contribution in [0.15, 0.2) is 48.7 Å². The topological polar surface area (TPSA) is 36.4 Å². The minimum Gasteiger partial charge on any atom is -0.367 e. The Morgan fingerprint density at radius 1 is 1.18 bits per heavy atom. The average Bonchev–Trinajstić information content (AvgIpc) is 2.59. The molecule has 5 heteroatoms. The van der Waals surface area contributed by atoms with Crippen LogP contribution in [0.3, 0.4) is 0 Å². The first-order chi connectivity index (χ1) is 10.8. The van der Waals surface area contributed by atoms with Crippen LogP contribution in [0.5, 0.6) is 0 Å². The molecule has 0 saturated carbocycles. The molecule has 0 N–H and O–H groups in total. The monoisotopic (exact) mass is 315 g/mol. The number of aromatic nitrogens is 1. The number of allylic oxidation sites excluding steroid dienone is 1. The summed E-state index contributed by atoms with van der Waals surface area (Å²) in [6.45, 7) is 3.10. The predicted octanol–water partition coefficient (Wildman–Crippen LogP) is 2.68. The maximum atomic E-state index is 12.0. The van der Waals surface area contributed by atoms with Crippen LogP contribution in [0.2, 0.25) is 0 Å². The van der Waals surface area contributed by atoms with Gasteiger partial charge in [-0.1, -0.05) is 24.3 Å². The SMILES string of the molecule is O=C(/C=C/CCl)N1CCN(c2ccnc3ccccc23)CC1. The fraction of sp³-hybridized carbons (Fsp3) is 0.294. The molecule has 22 heavy (non-hydrogen) atoms. The van der Waals surface area contributed by atoms with E-state index < -0.39 is 0 Å². The Kier molecular flexibility index (Phi) is 4.59. The molecule has 1 amide bonds. The molecule has 1 aromatic carbocycles. The molecule has 0 bridgehead atoms. The van der Waals surface area contributed by atoms with Gasteiger partial charge in [0.15, 0.2) is 0 Å². The van der Waals surface area contributed by atoms with Crippen LogP contribution in [-0.2, 0) is 4.79 Å². The largest absolute Gasteiger partial charge is 0.367 e. The Morgan fingerprint density at radius 3 is 2.73 bits per heavy atom. The first kappa shape index (κ1) is 14.9. The molecule has 1 saturated heterocycles. The van der Waals surface area contributed by atoms with Gasteiger partial charge in [0.1, 0.15) is 0 Å². The van der Waals surface area contributed by atoms with Crippen molar-refractivity contribution in [3.8, 4) is 0 Å². The van der Waals surface area contributed by atoms with Gasteiger partial charge in [0.2, 0.25) is 5.91 Å². The number of anilines is 1. The molecule has 1 fully saturated rings.